The third kappa shape index (κ3) is 4.81. The van der Waals surface area contributed by atoms with Crippen molar-refractivity contribution in [1.82, 2.24) is 9.80 Å². The Balaban J connectivity index is 1.38. The molecule has 0 aromatic heterocycles. The van der Waals surface area contributed by atoms with Gasteiger partial charge in [-0.1, -0.05) is 30.3 Å². The number of amides is 2. The fourth-order valence-corrected chi connectivity index (χ4v) is 4.66. The molecule has 2 aromatic carbocycles. The van der Waals surface area contributed by atoms with Crippen LogP contribution in [0.3, 0.4) is 0 Å². The number of benzene rings is 2. The number of morpholine rings is 1. The van der Waals surface area contributed by atoms with Gasteiger partial charge in [0, 0.05) is 44.5 Å². The fraction of sp³-hybridized carbons (Fsp3) is 0.440. The monoisotopic (exact) mass is 421 g/mol. The van der Waals surface area contributed by atoms with Crippen molar-refractivity contribution < 1.29 is 14.3 Å². The van der Waals surface area contributed by atoms with E-state index in [0.29, 0.717) is 18.5 Å². The molecule has 0 N–H and O–H groups in total. The minimum Gasteiger partial charge on any atom is -0.373 e. The number of nitrogens with zero attached hydrogens (tertiary/aromatic N) is 3. The molecule has 0 aliphatic carbocycles. The molecule has 2 aliphatic heterocycles. The van der Waals surface area contributed by atoms with Crippen LogP contribution in [0.15, 0.2) is 54.6 Å². The minimum atomic E-state index is -0.427. The molecular weight excluding hydrogens is 390 g/mol. The van der Waals surface area contributed by atoms with E-state index in [-0.39, 0.29) is 24.0 Å². The van der Waals surface area contributed by atoms with Crippen molar-refractivity contribution in [3.63, 3.8) is 0 Å². The van der Waals surface area contributed by atoms with Crippen molar-refractivity contribution in [2.24, 2.45) is 0 Å². The molecule has 4 rings (SSSR count). The molecule has 2 aliphatic rings. The summed E-state index contributed by atoms with van der Waals surface area (Å²) in [5, 5.41) is 0. The summed E-state index contributed by atoms with van der Waals surface area (Å²) in [4.78, 5) is 31.7. The van der Waals surface area contributed by atoms with Gasteiger partial charge < -0.3 is 14.5 Å². The molecule has 31 heavy (non-hydrogen) atoms. The summed E-state index contributed by atoms with van der Waals surface area (Å²) in [5.74, 6) is -0.136. The maximum atomic E-state index is 13.0. The SMILES string of the molecule is CC1CN(Cc2ccc(C(=O)N(C)C3CCN(c4ccccc4)C3=O)cc2)CC(C)O1. The molecule has 2 fully saturated rings. The van der Waals surface area contributed by atoms with Crippen LogP contribution in [0.1, 0.15) is 36.2 Å². The number of rotatable bonds is 5. The molecule has 6 heteroatoms. The third-order valence-electron chi connectivity index (χ3n) is 6.14. The van der Waals surface area contributed by atoms with E-state index in [9.17, 15) is 9.59 Å². The van der Waals surface area contributed by atoms with Crippen molar-refractivity contribution >= 4 is 17.5 Å². The van der Waals surface area contributed by atoms with Crippen molar-refractivity contribution in [2.75, 3.05) is 31.6 Å². The van der Waals surface area contributed by atoms with Crippen LogP contribution in [0.25, 0.3) is 0 Å². The number of hydrogen-bond donors (Lipinski definition) is 0. The highest BCUT2D eigenvalue weighted by molar-refractivity contribution is 6.03. The number of carbonyl (C=O) groups excluding carboxylic acids is 2. The predicted molar refractivity (Wildman–Crippen MR) is 121 cm³/mol. The van der Waals surface area contributed by atoms with E-state index >= 15 is 0 Å². The minimum absolute atomic E-state index is 0.0192. The van der Waals surface area contributed by atoms with Crippen LogP contribution >= 0.6 is 0 Å². The smallest absolute Gasteiger partial charge is 0.254 e. The van der Waals surface area contributed by atoms with Gasteiger partial charge in [0.2, 0.25) is 5.91 Å². The number of ether oxygens (including phenoxy) is 1. The normalized spacial score (nSPS) is 24.4. The van der Waals surface area contributed by atoms with Crippen molar-refractivity contribution in [3.05, 3.63) is 65.7 Å². The third-order valence-corrected chi connectivity index (χ3v) is 6.14. The first kappa shape index (κ1) is 21.5. The summed E-state index contributed by atoms with van der Waals surface area (Å²) in [6.07, 6.45) is 1.11. The lowest BCUT2D eigenvalue weighted by atomic mass is 10.1. The molecule has 164 valence electrons. The first-order valence-corrected chi connectivity index (χ1v) is 11.0. The van der Waals surface area contributed by atoms with Crippen LogP contribution in [0.5, 0.6) is 0 Å². The van der Waals surface area contributed by atoms with Gasteiger partial charge in [-0.2, -0.15) is 0 Å². The number of hydrogen-bond acceptors (Lipinski definition) is 4. The summed E-state index contributed by atoms with van der Waals surface area (Å²) in [6, 6.07) is 17.0. The molecule has 6 nitrogen and oxygen atoms in total. The number of carbonyl (C=O) groups is 2. The number of anilines is 1. The quantitative estimate of drug-likeness (QED) is 0.744. The van der Waals surface area contributed by atoms with Crippen LogP contribution in [-0.4, -0.2) is 66.5 Å². The maximum Gasteiger partial charge on any atom is 0.254 e. The van der Waals surface area contributed by atoms with E-state index in [1.807, 2.05) is 54.6 Å². The van der Waals surface area contributed by atoms with E-state index in [1.54, 1.807) is 16.8 Å². The summed E-state index contributed by atoms with van der Waals surface area (Å²) in [7, 11) is 1.73. The second kappa shape index (κ2) is 9.20. The Hall–Kier alpha value is -2.70. The van der Waals surface area contributed by atoms with E-state index in [1.165, 1.54) is 5.56 Å². The highest BCUT2D eigenvalue weighted by Gasteiger charge is 2.37. The molecular formula is C25H31N3O3. The first-order valence-electron chi connectivity index (χ1n) is 11.0. The Labute approximate surface area is 184 Å². The van der Waals surface area contributed by atoms with Crippen molar-refractivity contribution in [3.8, 4) is 0 Å². The lowest BCUT2D eigenvalue weighted by Gasteiger charge is -2.35. The van der Waals surface area contributed by atoms with Crippen LogP contribution < -0.4 is 4.90 Å². The van der Waals surface area contributed by atoms with Gasteiger partial charge in [-0.3, -0.25) is 14.5 Å². The van der Waals surface area contributed by atoms with Crippen LogP contribution in [0.4, 0.5) is 5.69 Å². The maximum absolute atomic E-state index is 13.0. The Morgan fingerprint density at radius 3 is 2.32 bits per heavy atom. The summed E-state index contributed by atoms with van der Waals surface area (Å²) < 4.78 is 5.80. The van der Waals surface area contributed by atoms with Gasteiger partial charge in [0.15, 0.2) is 0 Å². The Kier molecular flexibility index (Phi) is 6.39. The molecule has 0 saturated carbocycles. The van der Waals surface area contributed by atoms with Crippen LogP contribution in [-0.2, 0) is 16.1 Å². The lowest BCUT2D eigenvalue weighted by Crippen LogP contribution is -2.44. The molecule has 3 atom stereocenters. The van der Waals surface area contributed by atoms with Crippen LogP contribution in [0.2, 0.25) is 0 Å². The van der Waals surface area contributed by atoms with Crippen LogP contribution in [0, 0.1) is 0 Å². The predicted octanol–water partition coefficient (Wildman–Crippen LogP) is 3.17. The zero-order valence-electron chi connectivity index (χ0n) is 18.5. The first-order chi connectivity index (χ1) is 14.9. The van der Waals surface area contributed by atoms with E-state index in [4.69, 9.17) is 4.74 Å². The number of para-hydroxylation sites is 1. The molecule has 0 bridgehead atoms. The van der Waals surface area contributed by atoms with Gasteiger partial charge in [-0.05, 0) is 50.1 Å². The zero-order valence-corrected chi connectivity index (χ0v) is 18.5. The van der Waals surface area contributed by atoms with Gasteiger partial charge in [0.1, 0.15) is 6.04 Å². The standard InChI is InChI=1S/C25H31N3O3/c1-18-15-27(16-19(2)31-18)17-20-9-11-21(12-10-20)24(29)26(3)23-13-14-28(25(23)30)22-7-5-4-6-8-22/h4-12,18-19,23H,13-17H2,1-3H3. The van der Waals surface area contributed by atoms with Gasteiger partial charge in [-0.15, -0.1) is 0 Å². The Morgan fingerprint density at radius 1 is 1.03 bits per heavy atom. The number of likely N-dealkylation sites (N-methyl/N-ethyl adjacent to an activating group) is 1. The molecule has 0 radical (unpaired) electrons. The second-order valence-electron chi connectivity index (χ2n) is 8.69. The van der Waals surface area contributed by atoms with Gasteiger partial charge in [-0.25, -0.2) is 0 Å². The van der Waals surface area contributed by atoms with Gasteiger partial charge >= 0.3 is 0 Å². The fourth-order valence-electron chi connectivity index (χ4n) is 4.66. The molecule has 2 amide bonds. The van der Waals surface area contributed by atoms with Crippen molar-refractivity contribution in [1.29, 1.82) is 0 Å². The van der Waals surface area contributed by atoms with Gasteiger partial charge in [0.25, 0.3) is 5.91 Å². The lowest BCUT2D eigenvalue weighted by molar-refractivity contribution is -0.120. The summed E-state index contributed by atoms with van der Waals surface area (Å²) in [6.45, 7) is 7.49. The topological polar surface area (TPSA) is 53.1 Å². The van der Waals surface area contributed by atoms with Gasteiger partial charge in [0.05, 0.1) is 12.2 Å². The molecule has 2 aromatic rings. The second-order valence-corrected chi connectivity index (χ2v) is 8.69. The molecule has 2 heterocycles. The molecule has 3 unspecified atom stereocenters. The summed E-state index contributed by atoms with van der Waals surface area (Å²) >= 11 is 0. The largest absolute Gasteiger partial charge is 0.373 e. The molecule has 2 saturated heterocycles. The highest BCUT2D eigenvalue weighted by atomic mass is 16.5. The van der Waals surface area contributed by atoms with Crippen molar-refractivity contribution in [2.45, 2.75) is 45.1 Å². The van der Waals surface area contributed by atoms with E-state index in [2.05, 4.69) is 18.7 Å². The van der Waals surface area contributed by atoms with E-state index < -0.39 is 6.04 Å². The Bertz CT molecular complexity index is 905. The van der Waals surface area contributed by atoms with E-state index in [0.717, 1.165) is 25.3 Å². The molecule has 0 spiro atoms. The zero-order chi connectivity index (χ0) is 22.0. The highest BCUT2D eigenvalue weighted by Crippen LogP contribution is 2.24. The average Bonchev–Trinajstić information content (AvgIpc) is 3.14. The Morgan fingerprint density at radius 2 is 1.68 bits per heavy atom. The average molecular weight is 422 g/mol. The summed E-state index contributed by atoms with van der Waals surface area (Å²) in [5.41, 5.74) is 2.67.